The number of ether oxygens (including phenoxy) is 1. The highest BCUT2D eigenvalue weighted by Crippen LogP contribution is 2.28. The molecule has 0 aliphatic carbocycles. The molecule has 0 atom stereocenters. The van der Waals surface area contributed by atoms with E-state index in [4.69, 9.17) is 0 Å². The quantitative estimate of drug-likeness (QED) is 0.496. The summed E-state index contributed by atoms with van der Waals surface area (Å²) in [5.74, 6) is -1.16. The molecule has 0 radical (unpaired) electrons. The molecule has 0 saturated carbocycles. The molecule has 1 rings (SSSR count). The lowest BCUT2D eigenvalue weighted by atomic mass is 10.6. The van der Waals surface area contributed by atoms with Gasteiger partial charge in [-0.25, -0.2) is 9.78 Å². The first-order valence-corrected chi connectivity index (χ1v) is 5.78. The maximum atomic E-state index is 11.0. The van der Waals surface area contributed by atoms with Crippen LogP contribution < -0.4 is 9.79 Å². The molecule has 1 aromatic heterocycles. The first-order chi connectivity index (χ1) is 6.92. The van der Waals surface area contributed by atoms with E-state index >= 15 is 0 Å². The lowest BCUT2D eigenvalue weighted by molar-refractivity contribution is -0.314. The molecule has 0 spiro atoms. The Hall–Kier alpha value is -1.17. The van der Waals surface area contributed by atoms with Crippen LogP contribution >= 0.6 is 7.60 Å². The fourth-order valence-electron chi connectivity index (χ4n) is 0.865. The standard InChI is InChI=1S/C7H10NO6P/c1-2-13-7(9)6-8-5(3-14-6)4-15(10,11)12/h3H,2,4H2,1H3,(H2,10,11,12)/p-2. The molecule has 15 heavy (non-hydrogen) atoms. The summed E-state index contributed by atoms with van der Waals surface area (Å²) in [6.45, 7) is 1.75. The Bertz CT molecular complexity index is 394. The highest BCUT2D eigenvalue weighted by atomic mass is 31.2. The van der Waals surface area contributed by atoms with Crippen molar-refractivity contribution in [3.63, 3.8) is 0 Å². The average molecular weight is 233 g/mol. The number of hydrogen-bond donors (Lipinski definition) is 0. The summed E-state index contributed by atoms with van der Waals surface area (Å²) in [7, 11) is -4.69. The highest BCUT2D eigenvalue weighted by Gasteiger charge is 2.14. The van der Waals surface area contributed by atoms with Crippen molar-refractivity contribution in [2.45, 2.75) is 13.1 Å². The van der Waals surface area contributed by atoms with Crippen molar-refractivity contribution in [3.8, 4) is 0 Å². The molecule has 0 N–H and O–H groups in total. The van der Waals surface area contributed by atoms with Crippen LogP contribution in [0.3, 0.4) is 0 Å². The molecule has 7 nitrogen and oxygen atoms in total. The summed E-state index contributed by atoms with van der Waals surface area (Å²) in [5, 5.41) is 0. The third-order valence-corrected chi connectivity index (χ3v) is 2.07. The van der Waals surface area contributed by atoms with Gasteiger partial charge in [-0.15, -0.1) is 0 Å². The summed E-state index contributed by atoms with van der Waals surface area (Å²) in [6.07, 6.45) is 0.157. The maximum Gasteiger partial charge on any atom is 0.394 e. The fraction of sp³-hybridized carbons (Fsp3) is 0.429. The molecule has 0 bridgehead atoms. The van der Waals surface area contributed by atoms with Gasteiger partial charge in [0.2, 0.25) is 0 Å². The minimum atomic E-state index is -4.69. The zero-order valence-electron chi connectivity index (χ0n) is 7.84. The number of esters is 1. The molecule has 1 heterocycles. The topological polar surface area (TPSA) is 116 Å². The number of hydrogen-bond acceptors (Lipinski definition) is 7. The second-order valence-corrected chi connectivity index (χ2v) is 4.17. The average Bonchev–Trinajstić information content (AvgIpc) is 2.50. The second kappa shape index (κ2) is 4.57. The van der Waals surface area contributed by atoms with Gasteiger partial charge in [0.25, 0.3) is 0 Å². The number of nitrogens with zero attached hydrogens (tertiary/aromatic N) is 1. The lowest BCUT2D eigenvalue weighted by Gasteiger charge is -2.27. The summed E-state index contributed by atoms with van der Waals surface area (Å²) >= 11 is 0. The van der Waals surface area contributed by atoms with E-state index in [2.05, 4.69) is 14.1 Å². The Balaban J connectivity index is 2.72. The van der Waals surface area contributed by atoms with Crippen LogP contribution in [0.25, 0.3) is 0 Å². The number of aromatic nitrogens is 1. The first kappa shape index (κ1) is 11.9. The van der Waals surface area contributed by atoms with Crippen molar-refractivity contribution in [2.75, 3.05) is 6.61 Å². The Morgan fingerprint density at radius 1 is 1.67 bits per heavy atom. The molecule has 8 heteroatoms. The van der Waals surface area contributed by atoms with Gasteiger partial charge < -0.3 is 23.5 Å². The maximum absolute atomic E-state index is 11.0. The van der Waals surface area contributed by atoms with Crippen molar-refractivity contribution in [3.05, 3.63) is 17.8 Å². The third-order valence-electron chi connectivity index (χ3n) is 1.36. The number of carbonyl (C=O) groups excluding carboxylic acids is 1. The summed E-state index contributed by atoms with van der Waals surface area (Å²) in [4.78, 5) is 35.3. The fourth-order valence-corrected chi connectivity index (χ4v) is 1.41. The smallest absolute Gasteiger partial charge is 0.394 e. The minimum absolute atomic E-state index is 0.105. The predicted octanol–water partition coefficient (Wildman–Crippen LogP) is -0.735. The van der Waals surface area contributed by atoms with E-state index in [1.54, 1.807) is 6.92 Å². The van der Waals surface area contributed by atoms with Gasteiger partial charge in [-0.3, -0.25) is 0 Å². The normalized spacial score (nSPS) is 11.4. The zero-order chi connectivity index (χ0) is 11.5. The van der Waals surface area contributed by atoms with Crippen LogP contribution in [0, 0.1) is 0 Å². The van der Waals surface area contributed by atoms with E-state index < -0.39 is 19.7 Å². The summed E-state index contributed by atoms with van der Waals surface area (Å²) in [6, 6.07) is 0. The van der Waals surface area contributed by atoms with Crippen molar-refractivity contribution in [1.82, 2.24) is 4.98 Å². The number of rotatable bonds is 4. The van der Waals surface area contributed by atoms with Gasteiger partial charge >= 0.3 is 11.9 Å². The zero-order valence-corrected chi connectivity index (χ0v) is 8.73. The largest absolute Gasteiger partial charge is 0.810 e. The molecule has 0 aliphatic heterocycles. The van der Waals surface area contributed by atoms with Crippen molar-refractivity contribution < 1.29 is 28.3 Å². The van der Waals surface area contributed by atoms with E-state index in [0.29, 0.717) is 0 Å². The van der Waals surface area contributed by atoms with Crippen LogP contribution in [0.5, 0.6) is 0 Å². The molecule has 0 aromatic carbocycles. The SMILES string of the molecule is CCOC(=O)c1nc(CP(=O)([O-])[O-])co1. The first-order valence-electron chi connectivity index (χ1n) is 4.05. The lowest BCUT2D eigenvalue weighted by Crippen LogP contribution is -2.15. The number of carbonyl (C=O) groups is 1. The monoisotopic (exact) mass is 233 g/mol. The van der Waals surface area contributed by atoms with E-state index in [9.17, 15) is 19.1 Å². The van der Waals surface area contributed by atoms with E-state index in [1.807, 2.05) is 0 Å². The Kier molecular flexibility index (Phi) is 3.62. The Labute approximate surface area is 85.2 Å². The van der Waals surface area contributed by atoms with Crippen molar-refractivity contribution in [2.24, 2.45) is 0 Å². The van der Waals surface area contributed by atoms with Crippen LogP contribution in [-0.2, 0) is 15.5 Å². The molecule has 0 aliphatic rings. The molecule has 0 amide bonds. The molecule has 84 valence electrons. The Morgan fingerprint density at radius 3 is 2.87 bits per heavy atom. The van der Waals surface area contributed by atoms with E-state index in [-0.39, 0.29) is 18.2 Å². The molecular formula is C7H8NO6P-2. The van der Waals surface area contributed by atoms with Gasteiger partial charge in [-0.1, -0.05) is 7.60 Å². The van der Waals surface area contributed by atoms with Gasteiger partial charge in [0.1, 0.15) is 6.26 Å². The minimum Gasteiger partial charge on any atom is -0.810 e. The number of oxazole rings is 1. The Morgan fingerprint density at radius 2 is 2.33 bits per heavy atom. The van der Waals surface area contributed by atoms with Crippen LogP contribution in [0.2, 0.25) is 0 Å². The van der Waals surface area contributed by atoms with Gasteiger partial charge in [0.05, 0.1) is 12.3 Å². The van der Waals surface area contributed by atoms with Crippen molar-refractivity contribution in [1.29, 1.82) is 0 Å². The molecule has 0 fully saturated rings. The van der Waals surface area contributed by atoms with E-state index in [1.165, 1.54) is 0 Å². The van der Waals surface area contributed by atoms with Crippen molar-refractivity contribution >= 4 is 13.6 Å². The third kappa shape index (κ3) is 3.83. The van der Waals surface area contributed by atoms with E-state index in [0.717, 1.165) is 6.26 Å². The summed E-state index contributed by atoms with van der Waals surface area (Å²) in [5.41, 5.74) is -0.105. The predicted molar refractivity (Wildman–Crippen MR) is 43.8 cm³/mol. The highest BCUT2D eigenvalue weighted by molar-refractivity contribution is 7.47. The van der Waals surface area contributed by atoms with Crippen LogP contribution in [0.15, 0.2) is 10.7 Å². The second-order valence-electron chi connectivity index (χ2n) is 2.63. The van der Waals surface area contributed by atoms with Crippen LogP contribution in [-0.4, -0.2) is 17.6 Å². The van der Waals surface area contributed by atoms with Gasteiger partial charge in [-0.05, 0) is 6.92 Å². The molecular weight excluding hydrogens is 225 g/mol. The van der Waals surface area contributed by atoms with Gasteiger partial charge in [0, 0.05) is 6.16 Å². The molecule has 0 saturated heterocycles. The van der Waals surface area contributed by atoms with Crippen LogP contribution in [0.4, 0.5) is 0 Å². The van der Waals surface area contributed by atoms with Crippen LogP contribution in [0.1, 0.15) is 23.3 Å². The van der Waals surface area contributed by atoms with Gasteiger partial charge in [-0.2, -0.15) is 0 Å². The molecule has 1 aromatic rings. The molecule has 0 unspecified atom stereocenters. The van der Waals surface area contributed by atoms with Gasteiger partial charge in [0.15, 0.2) is 0 Å². The summed E-state index contributed by atoms with van der Waals surface area (Å²) < 4.78 is 19.6.